The van der Waals surface area contributed by atoms with Crippen molar-refractivity contribution in [2.75, 3.05) is 0 Å². The van der Waals surface area contributed by atoms with E-state index in [-0.39, 0.29) is 12.1 Å². The summed E-state index contributed by atoms with van der Waals surface area (Å²) in [6, 6.07) is 0.116. The molecular weight excluding hydrogens is 226 g/mol. The van der Waals surface area contributed by atoms with Crippen LogP contribution in [0, 0.1) is 5.92 Å². The molecule has 0 saturated carbocycles. The maximum atomic E-state index is 11.8. The van der Waals surface area contributed by atoms with Crippen LogP contribution in [0.4, 0.5) is 4.79 Å². The van der Waals surface area contributed by atoms with Gasteiger partial charge in [0.1, 0.15) is 5.60 Å². The summed E-state index contributed by atoms with van der Waals surface area (Å²) in [5.74, 6) is 0.522. The average Bonchev–Trinajstić information content (AvgIpc) is 2.20. The number of hydrogen-bond donors (Lipinski definition) is 1. The molecule has 0 bridgehead atoms. The highest BCUT2D eigenvalue weighted by Crippen LogP contribution is 2.22. The molecule has 0 heterocycles. The third-order valence-electron chi connectivity index (χ3n) is 3.25. The summed E-state index contributed by atoms with van der Waals surface area (Å²) in [7, 11) is 0. The molecule has 1 N–H and O–H groups in total. The van der Waals surface area contributed by atoms with Gasteiger partial charge in [0.2, 0.25) is 0 Å². The van der Waals surface area contributed by atoms with Crippen molar-refractivity contribution in [2.24, 2.45) is 5.92 Å². The van der Waals surface area contributed by atoms with Crippen molar-refractivity contribution in [1.29, 1.82) is 0 Å². The number of ether oxygens (including phenoxy) is 1. The molecule has 1 aliphatic carbocycles. The Hall–Kier alpha value is -0.990. The molecule has 1 rings (SSSR count). The molecule has 0 saturated heterocycles. The number of allylic oxidation sites excluding steroid dienone is 1. The Morgan fingerprint density at radius 3 is 2.72 bits per heavy atom. The molecule has 2 atom stereocenters. The molecule has 1 amide bonds. The molecule has 0 aromatic heterocycles. The molecule has 0 fully saturated rings. The van der Waals surface area contributed by atoms with Gasteiger partial charge in [-0.15, -0.1) is 0 Å². The Morgan fingerprint density at radius 2 is 2.11 bits per heavy atom. The molecule has 1 unspecified atom stereocenters. The molecular formula is C15H27NO2. The van der Waals surface area contributed by atoms with Crippen LogP contribution in [0.3, 0.4) is 0 Å². The van der Waals surface area contributed by atoms with Crippen molar-refractivity contribution in [3.05, 3.63) is 12.2 Å². The van der Waals surface area contributed by atoms with E-state index in [1.807, 2.05) is 20.8 Å². The van der Waals surface area contributed by atoms with Crippen LogP contribution >= 0.6 is 0 Å². The van der Waals surface area contributed by atoms with Gasteiger partial charge >= 0.3 is 6.09 Å². The van der Waals surface area contributed by atoms with Crippen LogP contribution in [0.2, 0.25) is 0 Å². The lowest BCUT2D eigenvalue weighted by Crippen LogP contribution is -2.42. The van der Waals surface area contributed by atoms with Gasteiger partial charge in [-0.05, 0) is 46.0 Å². The van der Waals surface area contributed by atoms with Crippen molar-refractivity contribution in [1.82, 2.24) is 5.32 Å². The standard InChI is InChI=1S/C15H27NO2/c1-5-12-10-8-6-7-9-11-13(12)16-14(17)18-15(2,3)4/h9,11-13H,5-8,10H2,1-4H3,(H,16,17)/b11-9+/t12-,13?/m1/s1. The number of nitrogens with one attached hydrogen (secondary N) is 1. The lowest BCUT2D eigenvalue weighted by atomic mass is 9.88. The molecule has 0 spiro atoms. The van der Waals surface area contributed by atoms with Crippen LogP contribution in [-0.4, -0.2) is 17.7 Å². The number of rotatable bonds is 2. The van der Waals surface area contributed by atoms with E-state index in [1.165, 1.54) is 19.3 Å². The second-order valence-corrected chi connectivity index (χ2v) is 6.05. The van der Waals surface area contributed by atoms with Gasteiger partial charge in [-0.1, -0.05) is 31.9 Å². The average molecular weight is 253 g/mol. The van der Waals surface area contributed by atoms with Gasteiger partial charge in [-0.2, -0.15) is 0 Å². The van der Waals surface area contributed by atoms with Gasteiger partial charge in [0.05, 0.1) is 6.04 Å². The maximum absolute atomic E-state index is 11.8. The largest absolute Gasteiger partial charge is 0.444 e. The molecule has 18 heavy (non-hydrogen) atoms. The molecule has 3 nitrogen and oxygen atoms in total. The first-order valence-electron chi connectivity index (χ1n) is 7.08. The Bertz CT molecular complexity index is 291. The predicted molar refractivity (Wildman–Crippen MR) is 74.5 cm³/mol. The minimum atomic E-state index is -0.433. The number of carbonyl (C=O) groups excluding carboxylic acids is 1. The van der Waals surface area contributed by atoms with Crippen LogP contribution in [0.5, 0.6) is 0 Å². The van der Waals surface area contributed by atoms with Crippen LogP contribution in [0.1, 0.15) is 59.8 Å². The second kappa shape index (κ2) is 6.81. The van der Waals surface area contributed by atoms with Crippen LogP contribution in [-0.2, 0) is 4.74 Å². The topological polar surface area (TPSA) is 38.3 Å². The van der Waals surface area contributed by atoms with E-state index in [1.54, 1.807) is 0 Å². The lowest BCUT2D eigenvalue weighted by Gasteiger charge is -2.28. The molecule has 1 aliphatic rings. The van der Waals surface area contributed by atoms with Gasteiger partial charge in [0, 0.05) is 0 Å². The smallest absolute Gasteiger partial charge is 0.408 e. The van der Waals surface area contributed by atoms with Gasteiger partial charge < -0.3 is 10.1 Å². The summed E-state index contributed by atoms with van der Waals surface area (Å²) in [6.45, 7) is 7.84. The van der Waals surface area contributed by atoms with Gasteiger partial charge in [0.25, 0.3) is 0 Å². The first kappa shape index (κ1) is 15.1. The first-order valence-corrected chi connectivity index (χ1v) is 7.08. The quantitative estimate of drug-likeness (QED) is 0.754. The summed E-state index contributed by atoms with van der Waals surface area (Å²) >= 11 is 0. The summed E-state index contributed by atoms with van der Waals surface area (Å²) in [6.07, 6.45) is 9.90. The van der Waals surface area contributed by atoms with Crippen LogP contribution in [0.15, 0.2) is 12.2 Å². The van der Waals surface area contributed by atoms with E-state index < -0.39 is 5.60 Å². The fraction of sp³-hybridized carbons (Fsp3) is 0.800. The monoisotopic (exact) mass is 253 g/mol. The zero-order valence-electron chi connectivity index (χ0n) is 12.2. The highest BCUT2D eigenvalue weighted by atomic mass is 16.6. The first-order chi connectivity index (χ1) is 8.42. The van der Waals surface area contributed by atoms with Gasteiger partial charge in [-0.3, -0.25) is 0 Å². The number of amides is 1. The molecule has 0 radical (unpaired) electrons. The maximum Gasteiger partial charge on any atom is 0.408 e. The minimum Gasteiger partial charge on any atom is -0.444 e. The Balaban J connectivity index is 2.59. The van der Waals surface area contributed by atoms with Crippen molar-refractivity contribution in [3.8, 4) is 0 Å². The van der Waals surface area contributed by atoms with Crippen molar-refractivity contribution >= 4 is 6.09 Å². The SMILES string of the molecule is CC[C@@H]1CCCC/C=C/C1NC(=O)OC(C)(C)C. The van der Waals surface area contributed by atoms with Gasteiger partial charge in [-0.25, -0.2) is 4.79 Å². The summed E-state index contributed by atoms with van der Waals surface area (Å²) < 4.78 is 5.32. The van der Waals surface area contributed by atoms with E-state index in [2.05, 4.69) is 24.4 Å². The number of hydrogen-bond acceptors (Lipinski definition) is 2. The van der Waals surface area contributed by atoms with E-state index >= 15 is 0 Å². The number of carbonyl (C=O) groups is 1. The fourth-order valence-corrected chi connectivity index (χ4v) is 2.32. The van der Waals surface area contributed by atoms with Gasteiger partial charge in [0.15, 0.2) is 0 Å². The normalized spacial score (nSPS) is 26.9. The zero-order valence-corrected chi connectivity index (χ0v) is 12.2. The Kier molecular flexibility index (Phi) is 5.70. The second-order valence-electron chi connectivity index (χ2n) is 6.05. The van der Waals surface area contributed by atoms with E-state index in [0.717, 1.165) is 12.8 Å². The van der Waals surface area contributed by atoms with E-state index in [4.69, 9.17) is 4.74 Å². The summed E-state index contributed by atoms with van der Waals surface area (Å²) in [5.41, 5.74) is -0.433. The summed E-state index contributed by atoms with van der Waals surface area (Å²) in [4.78, 5) is 11.8. The molecule has 104 valence electrons. The molecule has 0 aromatic rings. The van der Waals surface area contributed by atoms with E-state index in [0.29, 0.717) is 5.92 Å². The van der Waals surface area contributed by atoms with Crippen molar-refractivity contribution in [3.63, 3.8) is 0 Å². The molecule has 0 aromatic carbocycles. The highest BCUT2D eigenvalue weighted by molar-refractivity contribution is 5.68. The van der Waals surface area contributed by atoms with E-state index in [9.17, 15) is 4.79 Å². The van der Waals surface area contributed by atoms with Crippen LogP contribution in [0.25, 0.3) is 0 Å². The number of alkyl carbamates (subject to hydrolysis) is 1. The molecule has 0 aliphatic heterocycles. The minimum absolute atomic E-state index is 0.116. The summed E-state index contributed by atoms with van der Waals surface area (Å²) in [5, 5.41) is 3.00. The zero-order chi connectivity index (χ0) is 13.6. The van der Waals surface area contributed by atoms with Crippen molar-refractivity contribution < 1.29 is 9.53 Å². The fourth-order valence-electron chi connectivity index (χ4n) is 2.32. The predicted octanol–water partition coefficient (Wildman–Crippen LogP) is 4.04. The molecule has 3 heteroatoms. The Morgan fingerprint density at radius 1 is 1.39 bits per heavy atom. The third kappa shape index (κ3) is 5.56. The van der Waals surface area contributed by atoms with Crippen molar-refractivity contribution in [2.45, 2.75) is 71.4 Å². The third-order valence-corrected chi connectivity index (χ3v) is 3.25. The highest BCUT2D eigenvalue weighted by Gasteiger charge is 2.23. The van der Waals surface area contributed by atoms with Crippen LogP contribution < -0.4 is 5.32 Å². The Labute approximate surface area is 111 Å². The lowest BCUT2D eigenvalue weighted by molar-refractivity contribution is 0.0497.